The molecule has 4 nitrogen and oxygen atoms in total. The number of aromatic nitrogens is 3. The third kappa shape index (κ3) is 2.11. The Kier molecular flexibility index (Phi) is 2.50. The van der Waals surface area contributed by atoms with Crippen LogP contribution in [0.4, 0.5) is 19.0 Å². The monoisotopic (exact) mass is 246 g/mol. The number of anilines is 1. The maximum Gasteiger partial charge on any atom is 0.443 e. The van der Waals surface area contributed by atoms with Crippen molar-refractivity contribution in [1.82, 2.24) is 15.0 Å². The molecule has 0 fully saturated rings. The first-order valence-corrected chi connectivity index (χ1v) is 4.89. The molecule has 2 N–H and O–H groups in total. The Labute approximate surface area is 92.0 Å². The highest BCUT2D eigenvalue weighted by Crippen LogP contribution is 2.35. The zero-order valence-electron chi connectivity index (χ0n) is 7.69. The summed E-state index contributed by atoms with van der Waals surface area (Å²) in [5.74, 6) is 0.152. The van der Waals surface area contributed by atoms with Crippen molar-refractivity contribution in [2.45, 2.75) is 6.18 Å². The van der Waals surface area contributed by atoms with Gasteiger partial charge in [-0.3, -0.25) is 4.98 Å². The van der Waals surface area contributed by atoms with Crippen LogP contribution in [-0.4, -0.2) is 15.0 Å². The molecule has 0 aliphatic rings. The maximum absolute atomic E-state index is 12.3. The summed E-state index contributed by atoms with van der Waals surface area (Å²) in [7, 11) is 0. The summed E-state index contributed by atoms with van der Waals surface area (Å²) in [5, 5.41) is -0.910. The van der Waals surface area contributed by atoms with E-state index in [4.69, 9.17) is 5.73 Å². The van der Waals surface area contributed by atoms with E-state index < -0.39 is 11.2 Å². The smallest absolute Gasteiger partial charge is 0.382 e. The molecule has 0 unspecified atom stereocenters. The quantitative estimate of drug-likeness (QED) is 0.837. The van der Waals surface area contributed by atoms with Crippen molar-refractivity contribution in [2.75, 3.05) is 5.73 Å². The van der Waals surface area contributed by atoms with Gasteiger partial charge < -0.3 is 5.73 Å². The van der Waals surface area contributed by atoms with E-state index in [1.54, 1.807) is 0 Å². The van der Waals surface area contributed by atoms with Crippen LogP contribution in [0, 0.1) is 0 Å². The zero-order chi connectivity index (χ0) is 11.8. The molecule has 16 heavy (non-hydrogen) atoms. The van der Waals surface area contributed by atoms with Gasteiger partial charge >= 0.3 is 6.18 Å². The molecular formula is C8H5F3N4S. The molecule has 0 atom stereocenters. The van der Waals surface area contributed by atoms with Crippen LogP contribution in [-0.2, 0) is 6.18 Å². The molecule has 0 aromatic carbocycles. The van der Waals surface area contributed by atoms with Gasteiger partial charge in [0.25, 0.3) is 0 Å². The van der Waals surface area contributed by atoms with Crippen LogP contribution in [0.1, 0.15) is 5.01 Å². The molecule has 0 aliphatic carbocycles. The fraction of sp³-hybridized carbons (Fsp3) is 0.125. The number of hydrogen-bond donors (Lipinski definition) is 1. The van der Waals surface area contributed by atoms with Gasteiger partial charge in [0.1, 0.15) is 11.5 Å². The fourth-order valence-corrected chi connectivity index (χ4v) is 1.76. The van der Waals surface area contributed by atoms with E-state index in [1.807, 2.05) is 0 Å². The molecule has 0 spiro atoms. The second kappa shape index (κ2) is 3.71. The summed E-state index contributed by atoms with van der Waals surface area (Å²) < 4.78 is 36.9. The molecule has 2 rings (SSSR count). The van der Waals surface area contributed by atoms with Gasteiger partial charge in [-0.05, 0) is 0 Å². The Morgan fingerprint density at radius 1 is 1.19 bits per heavy atom. The van der Waals surface area contributed by atoms with Gasteiger partial charge in [0.15, 0.2) is 5.01 Å². The molecule has 0 bridgehead atoms. The van der Waals surface area contributed by atoms with Crippen molar-refractivity contribution < 1.29 is 13.2 Å². The van der Waals surface area contributed by atoms with E-state index in [0.717, 1.165) is 6.20 Å². The molecule has 0 saturated carbocycles. The van der Waals surface area contributed by atoms with Crippen molar-refractivity contribution in [3.05, 3.63) is 23.6 Å². The van der Waals surface area contributed by atoms with Crippen LogP contribution in [0.5, 0.6) is 0 Å². The molecule has 8 heteroatoms. The number of rotatable bonds is 1. The lowest BCUT2D eigenvalue weighted by Crippen LogP contribution is -2.02. The van der Waals surface area contributed by atoms with Crippen LogP contribution < -0.4 is 5.73 Å². The Bertz CT molecular complexity index is 508. The number of halogens is 3. The van der Waals surface area contributed by atoms with Gasteiger partial charge in [-0.25, -0.2) is 9.97 Å². The predicted molar refractivity (Wildman–Crippen MR) is 52.6 cm³/mol. The molecular weight excluding hydrogens is 241 g/mol. The van der Waals surface area contributed by atoms with Crippen molar-refractivity contribution in [3.63, 3.8) is 0 Å². The summed E-state index contributed by atoms with van der Waals surface area (Å²) in [6.45, 7) is 0. The van der Waals surface area contributed by atoms with Crippen LogP contribution in [0.15, 0.2) is 18.6 Å². The number of nitrogen functional groups attached to an aromatic ring is 1. The highest BCUT2D eigenvalue weighted by molar-refractivity contribution is 7.15. The molecule has 2 heterocycles. The number of hydrogen-bond acceptors (Lipinski definition) is 5. The fourth-order valence-electron chi connectivity index (χ4n) is 1.02. The van der Waals surface area contributed by atoms with E-state index in [0.29, 0.717) is 11.3 Å². The number of nitrogens with zero attached hydrogens (tertiary/aromatic N) is 3. The third-order valence-electron chi connectivity index (χ3n) is 1.65. The van der Waals surface area contributed by atoms with E-state index in [2.05, 4.69) is 15.0 Å². The zero-order valence-corrected chi connectivity index (χ0v) is 8.51. The Hall–Kier alpha value is -1.70. The van der Waals surface area contributed by atoms with E-state index in [-0.39, 0.29) is 16.4 Å². The minimum atomic E-state index is -4.43. The van der Waals surface area contributed by atoms with Crippen LogP contribution in [0.25, 0.3) is 10.6 Å². The Morgan fingerprint density at radius 2 is 1.94 bits per heavy atom. The molecule has 0 amide bonds. The number of nitrogens with two attached hydrogens (primary N) is 1. The minimum Gasteiger partial charge on any atom is -0.382 e. The molecule has 0 radical (unpaired) electrons. The summed E-state index contributed by atoms with van der Waals surface area (Å²) in [5.41, 5.74) is 5.66. The normalized spacial score (nSPS) is 11.7. The number of thiazole rings is 1. The standard InChI is InChI=1S/C8H5F3N4S/c9-8(10,11)7-14-2-5(16-7)4-1-13-3-6(12)15-4/h1-3H,(H2,12,15). The third-order valence-corrected chi connectivity index (χ3v) is 2.72. The first-order valence-electron chi connectivity index (χ1n) is 4.08. The maximum atomic E-state index is 12.3. The van der Waals surface area contributed by atoms with Gasteiger partial charge in [-0.2, -0.15) is 13.2 Å². The van der Waals surface area contributed by atoms with Gasteiger partial charge in [0, 0.05) is 6.20 Å². The van der Waals surface area contributed by atoms with Crippen LogP contribution in [0.2, 0.25) is 0 Å². The van der Waals surface area contributed by atoms with E-state index in [1.165, 1.54) is 12.4 Å². The molecule has 84 valence electrons. The Balaban J connectivity index is 2.39. The topological polar surface area (TPSA) is 64.7 Å². The van der Waals surface area contributed by atoms with E-state index >= 15 is 0 Å². The highest BCUT2D eigenvalue weighted by Gasteiger charge is 2.34. The SMILES string of the molecule is Nc1cncc(-c2cnc(C(F)(F)F)s2)n1. The molecule has 0 saturated heterocycles. The van der Waals surface area contributed by atoms with Crippen molar-refractivity contribution >= 4 is 17.2 Å². The summed E-state index contributed by atoms with van der Waals surface area (Å²) >= 11 is 0.507. The second-order valence-electron chi connectivity index (χ2n) is 2.86. The first kappa shape index (κ1) is 10.8. The van der Waals surface area contributed by atoms with Gasteiger partial charge in [-0.1, -0.05) is 0 Å². The van der Waals surface area contributed by atoms with Crippen LogP contribution >= 0.6 is 11.3 Å². The average molecular weight is 246 g/mol. The minimum absolute atomic E-state index is 0.152. The number of alkyl halides is 3. The average Bonchev–Trinajstić information content (AvgIpc) is 2.65. The lowest BCUT2D eigenvalue weighted by atomic mass is 10.4. The molecule has 0 aliphatic heterocycles. The predicted octanol–water partition coefficient (Wildman–Crippen LogP) is 2.20. The van der Waals surface area contributed by atoms with E-state index in [9.17, 15) is 13.2 Å². The second-order valence-corrected chi connectivity index (χ2v) is 3.89. The largest absolute Gasteiger partial charge is 0.443 e. The van der Waals surface area contributed by atoms with Crippen LogP contribution in [0.3, 0.4) is 0 Å². The summed E-state index contributed by atoms with van der Waals surface area (Å²) in [4.78, 5) is 11.2. The summed E-state index contributed by atoms with van der Waals surface area (Å²) in [6.07, 6.45) is -0.674. The highest BCUT2D eigenvalue weighted by atomic mass is 32.1. The van der Waals surface area contributed by atoms with Crippen molar-refractivity contribution in [1.29, 1.82) is 0 Å². The first-order chi connectivity index (χ1) is 7.47. The van der Waals surface area contributed by atoms with Crippen molar-refractivity contribution in [3.8, 4) is 10.6 Å². The lowest BCUT2D eigenvalue weighted by Gasteiger charge is -1.99. The summed E-state index contributed by atoms with van der Waals surface area (Å²) in [6, 6.07) is 0. The van der Waals surface area contributed by atoms with Gasteiger partial charge in [-0.15, -0.1) is 11.3 Å². The van der Waals surface area contributed by atoms with Crippen molar-refractivity contribution in [2.24, 2.45) is 0 Å². The van der Waals surface area contributed by atoms with Gasteiger partial charge in [0.05, 0.1) is 17.3 Å². The van der Waals surface area contributed by atoms with Gasteiger partial charge in [0.2, 0.25) is 0 Å². The Morgan fingerprint density at radius 3 is 2.50 bits per heavy atom. The lowest BCUT2D eigenvalue weighted by molar-refractivity contribution is -0.137. The molecule has 2 aromatic heterocycles. The molecule has 2 aromatic rings.